The number of carbonyl (C=O) groups excluding carboxylic acids is 2. The lowest BCUT2D eigenvalue weighted by molar-refractivity contribution is -0.129. The lowest BCUT2D eigenvalue weighted by Crippen LogP contribution is -2.15. The van der Waals surface area contributed by atoms with Crippen LogP contribution in [0, 0.1) is 0 Å². The van der Waals surface area contributed by atoms with Crippen molar-refractivity contribution in [1.82, 2.24) is 0 Å². The molecule has 8 rings (SSSR count). The molecule has 0 N–H and O–H groups in total. The SMILES string of the molecule is CCCCCCCCc1csc(-c2ccc(C3=c4c(c5c(c6ccccc46)=C(c4ccc(-c6cc(CCCCCCCC)cs6)cc4)C(=O)O5)OC3=O)cc2)c1. The second-order valence-corrected chi connectivity index (χ2v) is 17.1. The first-order valence-electron chi connectivity index (χ1n) is 20.7. The first-order chi connectivity index (χ1) is 27.5. The van der Waals surface area contributed by atoms with Crippen molar-refractivity contribution in [2.24, 2.45) is 0 Å². The second-order valence-electron chi connectivity index (χ2n) is 15.3. The summed E-state index contributed by atoms with van der Waals surface area (Å²) in [6, 6.07) is 28.9. The number of hydrogen-bond donors (Lipinski definition) is 0. The summed E-state index contributed by atoms with van der Waals surface area (Å²) in [5, 5.41) is 7.61. The molecule has 0 saturated carbocycles. The van der Waals surface area contributed by atoms with Crippen molar-refractivity contribution >= 4 is 56.5 Å². The summed E-state index contributed by atoms with van der Waals surface area (Å²) in [7, 11) is 0. The minimum Gasteiger partial charge on any atom is -0.418 e. The van der Waals surface area contributed by atoms with Crippen LogP contribution in [0.3, 0.4) is 0 Å². The summed E-state index contributed by atoms with van der Waals surface area (Å²) >= 11 is 3.54. The molecule has 2 aliphatic heterocycles. The number of unbranched alkanes of at least 4 members (excludes halogenated alkanes) is 10. The lowest BCUT2D eigenvalue weighted by atomic mass is 9.95. The zero-order valence-electron chi connectivity index (χ0n) is 32.6. The second kappa shape index (κ2) is 17.6. The first kappa shape index (κ1) is 38.1. The van der Waals surface area contributed by atoms with E-state index in [0.717, 1.165) is 45.9 Å². The summed E-state index contributed by atoms with van der Waals surface area (Å²) in [6.45, 7) is 4.51. The van der Waals surface area contributed by atoms with Gasteiger partial charge in [-0.15, -0.1) is 22.7 Å². The molecule has 0 amide bonds. The van der Waals surface area contributed by atoms with Gasteiger partial charge in [0.15, 0.2) is 11.5 Å². The van der Waals surface area contributed by atoms with Crippen molar-refractivity contribution in [3.05, 3.63) is 128 Å². The summed E-state index contributed by atoms with van der Waals surface area (Å²) in [4.78, 5) is 29.9. The van der Waals surface area contributed by atoms with E-state index in [0.29, 0.717) is 33.1 Å². The van der Waals surface area contributed by atoms with Crippen LogP contribution in [-0.4, -0.2) is 11.9 Å². The largest absolute Gasteiger partial charge is 0.418 e. The molecular formula is C50H50O4S2. The van der Waals surface area contributed by atoms with Crippen molar-refractivity contribution in [2.75, 3.05) is 0 Å². The third-order valence-corrected chi connectivity index (χ3v) is 13.3. The fourth-order valence-corrected chi connectivity index (χ4v) is 10.1. The van der Waals surface area contributed by atoms with Gasteiger partial charge in [0.25, 0.3) is 0 Å². The maximum absolute atomic E-state index is 13.7. The fraction of sp³-hybridized carbons (Fsp3) is 0.320. The Labute approximate surface area is 338 Å². The zero-order valence-corrected chi connectivity index (χ0v) is 34.2. The molecule has 0 unspecified atom stereocenters. The number of esters is 2. The average Bonchev–Trinajstić information content (AvgIpc) is 4.03. The smallest absolute Gasteiger partial charge is 0.345 e. The van der Waals surface area contributed by atoms with Crippen LogP contribution in [0.15, 0.2) is 95.7 Å². The summed E-state index contributed by atoms with van der Waals surface area (Å²) in [5.41, 5.74) is 7.58. The van der Waals surface area contributed by atoms with Crippen LogP contribution < -0.4 is 19.9 Å². The molecule has 0 saturated heterocycles. The molecule has 0 bridgehead atoms. The van der Waals surface area contributed by atoms with Gasteiger partial charge < -0.3 is 9.47 Å². The van der Waals surface area contributed by atoms with Gasteiger partial charge in [-0.2, -0.15) is 0 Å². The van der Waals surface area contributed by atoms with Crippen molar-refractivity contribution in [3.8, 4) is 32.4 Å². The van der Waals surface area contributed by atoms with Gasteiger partial charge in [0.1, 0.15) is 0 Å². The van der Waals surface area contributed by atoms with Crippen LogP contribution in [0.5, 0.6) is 11.5 Å². The van der Waals surface area contributed by atoms with E-state index in [1.807, 2.05) is 48.5 Å². The van der Waals surface area contributed by atoms with Crippen molar-refractivity contribution in [3.63, 3.8) is 0 Å². The molecule has 0 aliphatic carbocycles. The van der Waals surface area contributed by atoms with Gasteiger partial charge in [-0.05, 0) is 92.7 Å². The maximum Gasteiger partial charge on any atom is 0.345 e. The molecule has 4 nitrogen and oxygen atoms in total. The van der Waals surface area contributed by atoms with Crippen LogP contribution in [0.2, 0.25) is 0 Å². The van der Waals surface area contributed by atoms with E-state index < -0.39 is 11.9 Å². The highest BCUT2D eigenvalue weighted by Crippen LogP contribution is 2.38. The van der Waals surface area contributed by atoms with Gasteiger partial charge in [-0.1, -0.05) is 151 Å². The van der Waals surface area contributed by atoms with Gasteiger partial charge in [0.05, 0.1) is 11.1 Å². The number of hydrogen-bond acceptors (Lipinski definition) is 6. The quantitative estimate of drug-likeness (QED) is 0.0495. The fourth-order valence-electron chi connectivity index (χ4n) is 8.24. The number of aryl methyl sites for hydroxylation is 2. The van der Waals surface area contributed by atoms with Gasteiger partial charge in [0, 0.05) is 20.2 Å². The third kappa shape index (κ3) is 7.92. The molecule has 4 aromatic carbocycles. The molecule has 2 aliphatic rings. The van der Waals surface area contributed by atoms with Crippen molar-refractivity contribution in [2.45, 2.75) is 104 Å². The molecule has 0 spiro atoms. The Hall–Kier alpha value is -4.78. The van der Waals surface area contributed by atoms with Gasteiger partial charge in [-0.3, -0.25) is 0 Å². The van der Waals surface area contributed by atoms with E-state index in [2.05, 4.69) is 61.0 Å². The number of fused-ring (bicyclic) bond motifs is 6. The number of ether oxygens (including phenoxy) is 2. The average molecular weight is 779 g/mol. The molecule has 4 heterocycles. The normalized spacial score (nSPS) is 13.4. The van der Waals surface area contributed by atoms with E-state index in [9.17, 15) is 9.59 Å². The molecule has 2 aromatic heterocycles. The molecular weight excluding hydrogens is 729 g/mol. The molecule has 6 aromatic rings. The standard InChI is InChI=1S/C50H50O4S2/c1-3-5-7-9-11-13-17-33-29-41(55-31-33)35-21-25-37(26-22-35)43-45-39-19-15-16-20-40(39)46-44(50(52)54-48(46)47(45)53-49(43)51)38-27-23-36(24-28-38)42-30-34(32-56-42)18-14-12-10-8-6-4-2/h15-16,19-32H,3-14,17-18H2,1-2H3. The number of carbonyl (C=O) groups is 2. The highest BCUT2D eigenvalue weighted by molar-refractivity contribution is 7.14. The van der Waals surface area contributed by atoms with Crippen LogP contribution in [-0.2, 0) is 22.4 Å². The number of benzene rings is 4. The van der Waals surface area contributed by atoms with Gasteiger partial charge in [-0.25, -0.2) is 9.59 Å². The van der Waals surface area contributed by atoms with E-state index >= 15 is 0 Å². The van der Waals surface area contributed by atoms with Crippen molar-refractivity contribution < 1.29 is 19.1 Å². The Morgan fingerprint density at radius 1 is 0.464 bits per heavy atom. The number of thiophene rings is 2. The minimum atomic E-state index is -0.440. The van der Waals surface area contributed by atoms with Gasteiger partial charge in [0.2, 0.25) is 0 Å². The van der Waals surface area contributed by atoms with E-state index in [4.69, 9.17) is 9.47 Å². The van der Waals surface area contributed by atoms with Gasteiger partial charge >= 0.3 is 11.9 Å². The van der Waals surface area contributed by atoms with E-state index in [-0.39, 0.29) is 0 Å². The van der Waals surface area contributed by atoms with E-state index in [1.165, 1.54) is 97.9 Å². The topological polar surface area (TPSA) is 52.6 Å². The van der Waals surface area contributed by atoms with Crippen LogP contribution in [0.1, 0.15) is 113 Å². The maximum atomic E-state index is 13.7. The molecule has 56 heavy (non-hydrogen) atoms. The van der Waals surface area contributed by atoms with Crippen LogP contribution in [0.25, 0.3) is 42.8 Å². The lowest BCUT2D eigenvalue weighted by Gasteiger charge is -2.06. The molecule has 6 heteroatoms. The summed E-state index contributed by atoms with van der Waals surface area (Å²) < 4.78 is 12.0. The van der Waals surface area contributed by atoms with Crippen molar-refractivity contribution in [1.29, 1.82) is 0 Å². The van der Waals surface area contributed by atoms with E-state index in [1.54, 1.807) is 22.7 Å². The first-order valence-corrected chi connectivity index (χ1v) is 22.4. The Balaban J connectivity index is 1.07. The van der Waals surface area contributed by atoms with Crippen LogP contribution >= 0.6 is 22.7 Å². The Morgan fingerprint density at radius 2 is 0.839 bits per heavy atom. The predicted molar refractivity (Wildman–Crippen MR) is 233 cm³/mol. The molecule has 286 valence electrons. The molecule has 0 radical (unpaired) electrons. The third-order valence-electron chi connectivity index (χ3n) is 11.3. The minimum absolute atomic E-state index is 0.316. The van der Waals surface area contributed by atoms with Crippen LogP contribution in [0.4, 0.5) is 0 Å². The molecule has 0 fully saturated rings. The highest BCUT2D eigenvalue weighted by Gasteiger charge is 2.36. The molecule has 0 atom stereocenters. The highest BCUT2D eigenvalue weighted by atomic mass is 32.1. The monoisotopic (exact) mass is 778 g/mol. The zero-order chi connectivity index (χ0) is 38.4. The Bertz CT molecular complexity index is 2310. The predicted octanol–water partition coefficient (Wildman–Crippen LogP) is 12.3. The number of rotatable bonds is 18. The summed E-state index contributed by atoms with van der Waals surface area (Å²) in [6.07, 6.45) is 17.8. The summed E-state index contributed by atoms with van der Waals surface area (Å²) in [5.74, 6) is -0.248. The Kier molecular flexibility index (Phi) is 12.0. The Morgan fingerprint density at radius 3 is 1.25 bits per heavy atom.